The molecule has 3 aromatic rings. The Balaban J connectivity index is 1.98. The summed E-state index contributed by atoms with van der Waals surface area (Å²) in [6.07, 6.45) is 0. The summed E-state index contributed by atoms with van der Waals surface area (Å²) in [7, 11) is 0. The van der Waals surface area contributed by atoms with Crippen molar-refractivity contribution >= 4 is 57.2 Å². The van der Waals surface area contributed by atoms with E-state index in [-0.39, 0.29) is 38.7 Å². The smallest absolute Gasteiger partial charge is 0.338 e. The van der Waals surface area contributed by atoms with Crippen LogP contribution in [-0.4, -0.2) is 35.3 Å². The number of primary amides is 1. The summed E-state index contributed by atoms with van der Waals surface area (Å²) in [5.74, 6) is -2.38. The van der Waals surface area contributed by atoms with Crippen LogP contribution in [0.4, 0.5) is 21.0 Å². The predicted molar refractivity (Wildman–Crippen MR) is 125 cm³/mol. The number of benzene rings is 2. The van der Waals surface area contributed by atoms with Crippen LogP contribution in [0, 0.1) is 5.82 Å². The minimum atomic E-state index is -0.928. The monoisotopic (exact) mass is 490 g/mol. The van der Waals surface area contributed by atoms with Crippen LogP contribution in [0.1, 0.15) is 39.4 Å². The number of carbonyl (C=O) groups excluding carboxylic acids is 3. The molecule has 8 nitrogen and oxygen atoms in total. The van der Waals surface area contributed by atoms with Gasteiger partial charge in [0.2, 0.25) is 11.7 Å². The SMILES string of the molecule is CCOC(=O)c1ccc(C(=O)c2sc(N(c3ccc(Cl)c(F)c3)[C@H](C)C(N)=O)nc2N)cc1. The summed E-state index contributed by atoms with van der Waals surface area (Å²) in [4.78, 5) is 42.5. The lowest BCUT2D eigenvalue weighted by molar-refractivity contribution is -0.118. The highest BCUT2D eigenvalue weighted by Gasteiger charge is 2.28. The van der Waals surface area contributed by atoms with Gasteiger partial charge >= 0.3 is 5.97 Å². The minimum Gasteiger partial charge on any atom is -0.462 e. The molecule has 0 radical (unpaired) electrons. The van der Waals surface area contributed by atoms with Crippen LogP contribution in [0.15, 0.2) is 42.5 Å². The third-order valence-electron chi connectivity index (χ3n) is 4.69. The second kappa shape index (κ2) is 9.97. The van der Waals surface area contributed by atoms with E-state index >= 15 is 0 Å². The van der Waals surface area contributed by atoms with Crippen molar-refractivity contribution in [2.75, 3.05) is 17.2 Å². The van der Waals surface area contributed by atoms with Crippen LogP contribution in [0.3, 0.4) is 0 Å². The predicted octanol–water partition coefficient (Wildman–Crippen LogP) is 3.94. The maximum absolute atomic E-state index is 14.1. The number of nitrogen functional groups attached to an aromatic ring is 1. The highest BCUT2D eigenvalue weighted by molar-refractivity contribution is 7.18. The van der Waals surface area contributed by atoms with Crippen LogP contribution in [-0.2, 0) is 9.53 Å². The minimum absolute atomic E-state index is 0.0643. The highest BCUT2D eigenvalue weighted by Crippen LogP contribution is 2.36. The Morgan fingerprint density at radius 3 is 2.39 bits per heavy atom. The fourth-order valence-corrected chi connectivity index (χ4v) is 4.12. The molecule has 0 aliphatic carbocycles. The summed E-state index contributed by atoms with van der Waals surface area (Å²) < 4.78 is 19.0. The number of hydrogen-bond donors (Lipinski definition) is 2. The average molecular weight is 491 g/mol. The van der Waals surface area contributed by atoms with Gasteiger partial charge in [-0.2, -0.15) is 0 Å². The molecular weight excluding hydrogens is 471 g/mol. The zero-order valence-electron chi connectivity index (χ0n) is 17.7. The number of ether oxygens (including phenoxy) is 1. The molecule has 11 heteroatoms. The van der Waals surface area contributed by atoms with E-state index in [2.05, 4.69) is 4.98 Å². The van der Waals surface area contributed by atoms with Crippen molar-refractivity contribution in [2.45, 2.75) is 19.9 Å². The molecule has 0 bridgehead atoms. The molecular formula is C22H20ClFN4O4S. The van der Waals surface area contributed by atoms with Gasteiger partial charge in [-0.3, -0.25) is 9.59 Å². The number of amides is 1. The number of anilines is 3. The van der Waals surface area contributed by atoms with E-state index in [0.29, 0.717) is 5.56 Å². The van der Waals surface area contributed by atoms with E-state index in [1.165, 1.54) is 48.2 Å². The number of rotatable bonds is 8. The van der Waals surface area contributed by atoms with Gasteiger partial charge in [0.05, 0.1) is 17.2 Å². The van der Waals surface area contributed by atoms with Gasteiger partial charge < -0.3 is 21.1 Å². The zero-order chi connectivity index (χ0) is 24.3. The van der Waals surface area contributed by atoms with Crippen LogP contribution in [0.2, 0.25) is 5.02 Å². The summed E-state index contributed by atoms with van der Waals surface area (Å²) in [6.45, 7) is 3.44. The van der Waals surface area contributed by atoms with Gasteiger partial charge in [-0.1, -0.05) is 35.1 Å². The molecule has 0 saturated heterocycles. The molecule has 0 aliphatic rings. The second-order valence-electron chi connectivity index (χ2n) is 6.88. The Kier molecular flexibility index (Phi) is 7.29. The molecule has 33 heavy (non-hydrogen) atoms. The number of nitrogens with zero attached hydrogens (tertiary/aromatic N) is 2. The van der Waals surface area contributed by atoms with Gasteiger partial charge in [0, 0.05) is 11.3 Å². The molecule has 1 atom stereocenters. The largest absolute Gasteiger partial charge is 0.462 e. The van der Waals surface area contributed by atoms with E-state index in [1.807, 2.05) is 0 Å². The van der Waals surface area contributed by atoms with E-state index in [1.54, 1.807) is 6.92 Å². The van der Waals surface area contributed by atoms with Gasteiger partial charge in [-0.15, -0.1) is 0 Å². The van der Waals surface area contributed by atoms with Gasteiger partial charge in [0.15, 0.2) is 5.13 Å². The fraction of sp³-hybridized carbons (Fsp3) is 0.182. The molecule has 0 fully saturated rings. The fourth-order valence-electron chi connectivity index (χ4n) is 2.95. The van der Waals surface area contributed by atoms with E-state index in [4.69, 9.17) is 27.8 Å². The number of aromatic nitrogens is 1. The van der Waals surface area contributed by atoms with Crippen molar-refractivity contribution in [2.24, 2.45) is 5.73 Å². The lowest BCUT2D eigenvalue weighted by Crippen LogP contribution is -2.40. The lowest BCUT2D eigenvalue weighted by Gasteiger charge is -2.26. The summed E-state index contributed by atoms with van der Waals surface area (Å²) in [5.41, 5.74) is 12.3. The average Bonchev–Trinajstić information content (AvgIpc) is 3.16. The highest BCUT2D eigenvalue weighted by atomic mass is 35.5. The maximum Gasteiger partial charge on any atom is 0.338 e. The Morgan fingerprint density at radius 2 is 1.82 bits per heavy atom. The van der Waals surface area contributed by atoms with E-state index in [0.717, 1.165) is 17.4 Å². The van der Waals surface area contributed by atoms with Crippen LogP contribution >= 0.6 is 22.9 Å². The normalized spacial score (nSPS) is 11.6. The number of nitrogens with two attached hydrogens (primary N) is 2. The van der Waals surface area contributed by atoms with E-state index < -0.39 is 29.5 Å². The topological polar surface area (TPSA) is 129 Å². The summed E-state index contributed by atoms with van der Waals surface area (Å²) in [6, 6.07) is 8.94. The number of esters is 1. The Morgan fingerprint density at radius 1 is 1.18 bits per heavy atom. The zero-order valence-corrected chi connectivity index (χ0v) is 19.2. The third-order valence-corrected chi connectivity index (χ3v) is 6.07. The quantitative estimate of drug-likeness (QED) is 0.361. The Labute approximate surface area is 197 Å². The van der Waals surface area contributed by atoms with Crippen molar-refractivity contribution in [3.63, 3.8) is 0 Å². The van der Waals surface area contributed by atoms with Gasteiger partial charge in [0.1, 0.15) is 22.6 Å². The summed E-state index contributed by atoms with van der Waals surface area (Å²) in [5, 5.41) is 0.0817. The first-order valence-electron chi connectivity index (χ1n) is 9.75. The van der Waals surface area contributed by atoms with Crippen molar-refractivity contribution < 1.29 is 23.5 Å². The molecule has 0 spiro atoms. The van der Waals surface area contributed by atoms with Gasteiger partial charge in [0.25, 0.3) is 0 Å². The molecule has 0 aliphatic heterocycles. The van der Waals surface area contributed by atoms with Crippen molar-refractivity contribution in [3.8, 4) is 0 Å². The van der Waals surface area contributed by atoms with Crippen LogP contribution in [0.25, 0.3) is 0 Å². The molecule has 0 unspecified atom stereocenters. The molecule has 172 valence electrons. The molecule has 1 aromatic heterocycles. The molecule has 1 heterocycles. The van der Waals surface area contributed by atoms with Gasteiger partial charge in [-0.05, 0) is 44.2 Å². The number of carbonyl (C=O) groups is 3. The summed E-state index contributed by atoms with van der Waals surface area (Å²) >= 11 is 6.69. The molecule has 2 aromatic carbocycles. The van der Waals surface area contributed by atoms with Crippen molar-refractivity contribution in [1.82, 2.24) is 4.98 Å². The Hall–Kier alpha value is -3.50. The number of halogens is 2. The van der Waals surface area contributed by atoms with Crippen molar-refractivity contribution in [3.05, 3.63) is 69.3 Å². The molecule has 1 amide bonds. The van der Waals surface area contributed by atoms with E-state index in [9.17, 15) is 18.8 Å². The first kappa shape index (κ1) is 24.1. The molecule has 4 N–H and O–H groups in total. The molecule has 0 saturated carbocycles. The lowest BCUT2D eigenvalue weighted by atomic mass is 10.1. The first-order valence-corrected chi connectivity index (χ1v) is 10.9. The van der Waals surface area contributed by atoms with Crippen molar-refractivity contribution in [1.29, 1.82) is 0 Å². The van der Waals surface area contributed by atoms with Crippen LogP contribution in [0.5, 0.6) is 0 Å². The second-order valence-corrected chi connectivity index (χ2v) is 8.27. The van der Waals surface area contributed by atoms with Crippen LogP contribution < -0.4 is 16.4 Å². The maximum atomic E-state index is 14.1. The number of hydrogen-bond acceptors (Lipinski definition) is 8. The Bertz CT molecular complexity index is 1220. The number of thiazole rings is 1. The number of ketones is 1. The van der Waals surface area contributed by atoms with Gasteiger partial charge in [-0.25, -0.2) is 14.2 Å². The standard InChI is InChI=1S/C22H20ClFN4O4S/c1-3-32-21(31)13-6-4-12(5-7-13)17(29)18-19(25)27-22(33-18)28(11(2)20(26)30)14-8-9-15(23)16(24)10-14/h4-11H,3,25H2,1-2H3,(H2,26,30)/t11-/m1/s1. The molecule has 3 rings (SSSR count). The first-order chi connectivity index (χ1) is 15.6. The third kappa shape index (κ3) is 5.12.